The lowest BCUT2D eigenvalue weighted by Crippen LogP contribution is -2.59. The summed E-state index contributed by atoms with van der Waals surface area (Å²) >= 11 is 2.35. The van der Waals surface area contributed by atoms with Crippen molar-refractivity contribution in [3.05, 3.63) is 33.4 Å². The first kappa shape index (κ1) is 16.2. The Kier molecular flexibility index (Phi) is 5.87. The van der Waals surface area contributed by atoms with Crippen molar-refractivity contribution in [3.8, 4) is 0 Å². The summed E-state index contributed by atoms with van der Waals surface area (Å²) < 4.78 is 1.29. The molecule has 1 fully saturated rings. The number of nitrogens with two attached hydrogens (primary N) is 1. The lowest BCUT2D eigenvalue weighted by molar-refractivity contribution is 0.0546. The molecule has 2 unspecified atom stereocenters. The maximum absolute atomic E-state index is 6.62. The molecule has 20 heavy (non-hydrogen) atoms. The second-order valence-corrected chi connectivity index (χ2v) is 7.44. The highest BCUT2D eigenvalue weighted by atomic mass is 127. The molecule has 2 rings (SSSR count). The summed E-state index contributed by atoms with van der Waals surface area (Å²) in [7, 11) is 0. The average molecular weight is 386 g/mol. The lowest BCUT2D eigenvalue weighted by Gasteiger charge is -2.47. The van der Waals surface area contributed by atoms with E-state index in [2.05, 4.69) is 65.6 Å². The smallest absolute Gasteiger partial charge is 0.0332 e. The van der Waals surface area contributed by atoms with Crippen LogP contribution in [-0.4, -0.2) is 29.6 Å². The molecule has 0 amide bonds. The number of rotatable bonds is 5. The van der Waals surface area contributed by atoms with Gasteiger partial charge in [0, 0.05) is 15.2 Å². The van der Waals surface area contributed by atoms with Crippen molar-refractivity contribution in [1.82, 2.24) is 4.90 Å². The molecule has 112 valence electrons. The summed E-state index contributed by atoms with van der Waals surface area (Å²) in [5.41, 5.74) is 8.10. The van der Waals surface area contributed by atoms with Gasteiger partial charge < -0.3 is 5.73 Å². The van der Waals surface area contributed by atoms with E-state index in [0.717, 1.165) is 12.8 Å². The van der Waals surface area contributed by atoms with E-state index in [1.807, 2.05) is 0 Å². The zero-order valence-corrected chi connectivity index (χ0v) is 14.9. The Bertz CT molecular complexity index is 412. The largest absolute Gasteiger partial charge is 0.326 e. The molecule has 1 heterocycles. The monoisotopic (exact) mass is 386 g/mol. The molecule has 0 radical (unpaired) electrons. The molecular formula is C17H27IN2. The predicted molar refractivity (Wildman–Crippen MR) is 95.0 cm³/mol. The minimum absolute atomic E-state index is 0.128. The molecule has 0 bridgehead atoms. The Morgan fingerprint density at radius 1 is 1.20 bits per heavy atom. The van der Waals surface area contributed by atoms with Gasteiger partial charge in [-0.1, -0.05) is 25.5 Å². The van der Waals surface area contributed by atoms with Crippen molar-refractivity contribution in [2.45, 2.75) is 57.5 Å². The van der Waals surface area contributed by atoms with Crippen molar-refractivity contribution < 1.29 is 0 Å². The van der Waals surface area contributed by atoms with Crippen LogP contribution in [0.2, 0.25) is 0 Å². The van der Waals surface area contributed by atoms with Gasteiger partial charge in [0.1, 0.15) is 0 Å². The number of hydrogen-bond acceptors (Lipinski definition) is 2. The van der Waals surface area contributed by atoms with Gasteiger partial charge in [0.25, 0.3) is 0 Å². The van der Waals surface area contributed by atoms with E-state index in [-0.39, 0.29) is 11.6 Å². The van der Waals surface area contributed by atoms with Gasteiger partial charge in [-0.2, -0.15) is 0 Å². The third-order valence-electron chi connectivity index (χ3n) is 4.96. The van der Waals surface area contributed by atoms with Gasteiger partial charge in [-0.25, -0.2) is 0 Å². The van der Waals surface area contributed by atoms with Gasteiger partial charge in [-0.15, -0.1) is 0 Å². The van der Waals surface area contributed by atoms with Crippen LogP contribution in [0, 0.1) is 3.57 Å². The van der Waals surface area contributed by atoms with E-state index in [9.17, 15) is 0 Å². The van der Waals surface area contributed by atoms with E-state index in [0.29, 0.717) is 0 Å². The van der Waals surface area contributed by atoms with Gasteiger partial charge >= 0.3 is 0 Å². The van der Waals surface area contributed by atoms with Crippen LogP contribution in [0.15, 0.2) is 24.3 Å². The van der Waals surface area contributed by atoms with Crippen LogP contribution in [0.1, 0.15) is 45.1 Å². The van der Waals surface area contributed by atoms with Crippen molar-refractivity contribution >= 4 is 22.6 Å². The molecule has 2 atom stereocenters. The highest BCUT2D eigenvalue weighted by Gasteiger charge is 2.36. The minimum atomic E-state index is 0.128. The second kappa shape index (κ2) is 7.23. The van der Waals surface area contributed by atoms with Crippen LogP contribution in [0.5, 0.6) is 0 Å². The summed E-state index contributed by atoms with van der Waals surface area (Å²) in [6.07, 6.45) is 6.12. The third kappa shape index (κ3) is 3.74. The summed E-state index contributed by atoms with van der Waals surface area (Å²) in [4.78, 5) is 2.63. The molecule has 3 heteroatoms. The van der Waals surface area contributed by atoms with E-state index >= 15 is 0 Å². The zero-order valence-electron chi connectivity index (χ0n) is 12.7. The third-order valence-corrected chi connectivity index (χ3v) is 5.68. The maximum Gasteiger partial charge on any atom is 0.0332 e. The van der Waals surface area contributed by atoms with Crippen LogP contribution >= 0.6 is 22.6 Å². The van der Waals surface area contributed by atoms with Crippen molar-refractivity contribution in [2.75, 3.05) is 13.1 Å². The summed E-state index contributed by atoms with van der Waals surface area (Å²) in [5.74, 6) is 0. The zero-order chi connectivity index (χ0) is 14.6. The van der Waals surface area contributed by atoms with E-state index in [1.54, 1.807) is 0 Å². The van der Waals surface area contributed by atoms with Crippen LogP contribution < -0.4 is 5.73 Å². The Morgan fingerprint density at radius 2 is 1.80 bits per heavy atom. The highest BCUT2D eigenvalue weighted by molar-refractivity contribution is 14.1. The van der Waals surface area contributed by atoms with Crippen molar-refractivity contribution in [3.63, 3.8) is 0 Å². The van der Waals surface area contributed by atoms with Gasteiger partial charge in [-0.3, -0.25) is 4.90 Å². The number of piperidine rings is 1. The first-order valence-corrected chi connectivity index (χ1v) is 8.89. The molecule has 2 nitrogen and oxygen atoms in total. The molecule has 1 aliphatic heterocycles. The molecule has 0 spiro atoms. The van der Waals surface area contributed by atoms with Gasteiger partial charge in [0.2, 0.25) is 0 Å². The van der Waals surface area contributed by atoms with Crippen LogP contribution in [0.3, 0.4) is 0 Å². The second-order valence-electron chi connectivity index (χ2n) is 6.20. The molecule has 1 aromatic rings. The Labute approximate surface area is 137 Å². The van der Waals surface area contributed by atoms with Crippen molar-refractivity contribution in [1.29, 1.82) is 0 Å². The molecule has 1 aromatic carbocycles. The fourth-order valence-corrected chi connectivity index (χ4v) is 3.58. The number of hydrogen-bond donors (Lipinski definition) is 1. The number of nitrogens with zero attached hydrogens (tertiary/aromatic N) is 1. The Morgan fingerprint density at radius 3 is 2.35 bits per heavy atom. The summed E-state index contributed by atoms with van der Waals surface area (Å²) in [5, 5.41) is 0. The SMILES string of the molecule is CCC(C)(C(N)Cc1ccc(I)cc1)N1CCCCC1. The lowest BCUT2D eigenvalue weighted by atomic mass is 9.83. The van der Waals surface area contributed by atoms with Crippen LogP contribution in [0.25, 0.3) is 0 Å². The standard InChI is InChI=1S/C17H27IN2/c1-3-17(2,20-11-5-4-6-12-20)16(19)13-14-7-9-15(18)10-8-14/h7-10,16H,3-6,11-13,19H2,1-2H3. The first-order chi connectivity index (χ1) is 9.56. The molecule has 0 aromatic heterocycles. The topological polar surface area (TPSA) is 29.3 Å². The Balaban J connectivity index is 2.07. The predicted octanol–water partition coefficient (Wildman–Crippen LogP) is 3.82. The van der Waals surface area contributed by atoms with Crippen LogP contribution in [0.4, 0.5) is 0 Å². The van der Waals surface area contributed by atoms with Gasteiger partial charge in [0.15, 0.2) is 0 Å². The molecule has 1 aliphatic rings. The number of likely N-dealkylation sites (tertiary alicyclic amines) is 1. The quantitative estimate of drug-likeness (QED) is 0.780. The Hall–Kier alpha value is -0.130. The number of benzene rings is 1. The minimum Gasteiger partial charge on any atom is -0.326 e. The fraction of sp³-hybridized carbons (Fsp3) is 0.647. The average Bonchev–Trinajstić information content (AvgIpc) is 2.49. The highest BCUT2D eigenvalue weighted by Crippen LogP contribution is 2.28. The summed E-state index contributed by atoms with van der Waals surface area (Å²) in [6.45, 7) is 7.06. The molecule has 2 N–H and O–H groups in total. The molecule has 0 saturated carbocycles. The molecule has 0 aliphatic carbocycles. The maximum atomic E-state index is 6.62. The van der Waals surface area contributed by atoms with Gasteiger partial charge in [-0.05, 0) is 86.0 Å². The van der Waals surface area contributed by atoms with E-state index in [4.69, 9.17) is 5.73 Å². The van der Waals surface area contributed by atoms with E-state index in [1.165, 1.54) is 41.5 Å². The van der Waals surface area contributed by atoms with Gasteiger partial charge in [0.05, 0.1) is 0 Å². The van der Waals surface area contributed by atoms with Crippen LogP contribution in [-0.2, 0) is 6.42 Å². The fourth-order valence-electron chi connectivity index (χ4n) is 3.22. The summed E-state index contributed by atoms with van der Waals surface area (Å²) in [6, 6.07) is 8.98. The first-order valence-electron chi connectivity index (χ1n) is 7.81. The normalized spacial score (nSPS) is 21.4. The van der Waals surface area contributed by atoms with E-state index < -0.39 is 0 Å². The molecular weight excluding hydrogens is 359 g/mol. The molecule has 1 saturated heterocycles. The van der Waals surface area contributed by atoms with Crippen molar-refractivity contribution in [2.24, 2.45) is 5.73 Å². The number of halogens is 1.